The molecule has 0 fully saturated rings. The van der Waals surface area contributed by atoms with E-state index < -0.39 is 0 Å². The Labute approximate surface area is 179 Å². The number of fused-ring (bicyclic) bond motifs is 1. The number of nitrogens with one attached hydrogen (secondary N) is 1. The Kier molecular flexibility index (Phi) is 5.53. The maximum Gasteiger partial charge on any atom is 0.336 e. The molecule has 8 nitrogen and oxygen atoms in total. The van der Waals surface area contributed by atoms with Crippen molar-refractivity contribution in [3.63, 3.8) is 0 Å². The van der Waals surface area contributed by atoms with Gasteiger partial charge in [-0.1, -0.05) is 32.0 Å². The molecule has 158 valence electrons. The van der Waals surface area contributed by atoms with Crippen molar-refractivity contribution in [3.05, 3.63) is 75.9 Å². The average molecular weight is 417 g/mol. The summed E-state index contributed by atoms with van der Waals surface area (Å²) >= 11 is 0. The molecule has 0 bridgehead atoms. The molecule has 0 radical (unpaired) electrons. The third-order valence-electron chi connectivity index (χ3n) is 4.83. The Bertz CT molecular complexity index is 1300. The number of rotatable bonds is 6. The highest BCUT2D eigenvalue weighted by molar-refractivity contribution is 5.82. The fourth-order valence-corrected chi connectivity index (χ4v) is 3.27. The lowest BCUT2D eigenvalue weighted by Crippen LogP contribution is -2.09. The van der Waals surface area contributed by atoms with E-state index in [1.807, 2.05) is 51.1 Å². The van der Waals surface area contributed by atoms with Crippen molar-refractivity contribution in [2.24, 2.45) is 0 Å². The Hall–Kier alpha value is -3.94. The highest BCUT2D eigenvalue weighted by Gasteiger charge is 2.11. The number of nitrogen functional groups attached to an aromatic ring is 1. The van der Waals surface area contributed by atoms with Gasteiger partial charge in [0.15, 0.2) is 5.82 Å². The monoisotopic (exact) mass is 417 g/mol. The second-order valence-electron chi connectivity index (χ2n) is 7.50. The highest BCUT2D eigenvalue weighted by Crippen LogP contribution is 2.28. The summed E-state index contributed by atoms with van der Waals surface area (Å²) in [4.78, 5) is 24.5. The number of para-hydroxylation sites is 1. The van der Waals surface area contributed by atoms with Gasteiger partial charge in [0.1, 0.15) is 17.9 Å². The maximum atomic E-state index is 11.8. The van der Waals surface area contributed by atoms with E-state index in [2.05, 4.69) is 20.3 Å². The SMILES string of the molecule is Cc1ccccc1Nc1nc(N)nc(COc2ccc3oc(=O)cc(C(C)C)c3c2)n1. The smallest absolute Gasteiger partial charge is 0.336 e. The molecule has 31 heavy (non-hydrogen) atoms. The molecular formula is C23H23N5O3. The zero-order valence-corrected chi connectivity index (χ0v) is 17.5. The van der Waals surface area contributed by atoms with Gasteiger partial charge in [0.05, 0.1) is 0 Å². The molecule has 0 aliphatic heterocycles. The largest absolute Gasteiger partial charge is 0.486 e. The van der Waals surface area contributed by atoms with Crippen LogP contribution in [0.3, 0.4) is 0 Å². The quantitative estimate of drug-likeness (QED) is 0.446. The highest BCUT2D eigenvalue weighted by atomic mass is 16.5. The molecule has 0 aliphatic rings. The minimum absolute atomic E-state index is 0.104. The number of benzene rings is 2. The first kappa shape index (κ1) is 20.3. The van der Waals surface area contributed by atoms with Crippen LogP contribution in [-0.2, 0) is 6.61 Å². The second-order valence-corrected chi connectivity index (χ2v) is 7.50. The van der Waals surface area contributed by atoms with Crippen LogP contribution in [0.4, 0.5) is 17.6 Å². The molecule has 2 aromatic carbocycles. The fourth-order valence-electron chi connectivity index (χ4n) is 3.27. The van der Waals surface area contributed by atoms with E-state index in [0.717, 1.165) is 22.2 Å². The molecule has 4 rings (SSSR count). The van der Waals surface area contributed by atoms with Crippen LogP contribution < -0.4 is 21.4 Å². The van der Waals surface area contributed by atoms with Gasteiger partial charge in [0, 0.05) is 17.1 Å². The summed E-state index contributed by atoms with van der Waals surface area (Å²) < 4.78 is 11.2. The topological polar surface area (TPSA) is 116 Å². The third kappa shape index (κ3) is 4.63. The predicted octanol–water partition coefficient (Wildman–Crippen LogP) is 4.31. The van der Waals surface area contributed by atoms with Gasteiger partial charge < -0.3 is 20.2 Å². The summed E-state index contributed by atoms with van der Waals surface area (Å²) in [5.41, 5.74) is 8.88. The van der Waals surface area contributed by atoms with Gasteiger partial charge in [-0.2, -0.15) is 15.0 Å². The Balaban J connectivity index is 1.56. The lowest BCUT2D eigenvalue weighted by Gasteiger charge is -2.12. The first-order chi connectivity index (χ1) is 14.9. The van der Waals surface area contributed by atoms with Gasteiger partial charge in [-0.3, -0.25) is 0 Å². The van der Waals surface area contributed by atoms with E-state index in [1.54, 1.807) is 12.1 Å². The number of aromatic nitrogens is 3. The summed E-state index contributed by atoms with van der Waals surface area (Å²) in [6.45, 7) is 6.15. The zero-order chi connectivity index (χ0) is 22.0. The molecule has 4 aromatic rings. The normalized spacial score (nSPS) is 11.1. The second kappa shape index (κ2) is 8.43. The van der Waals surface area contributed by atoms with E-state index >= 15 is 0 Å². The molecule has 0 spiro atoms. The van der Waals surface area contributed by atoms with Gasteiger partial charge in [-0.25, -0.2) is 4.79 Å². The summed E-state index contributed by atoms with van der Waals surface area (Å²) in [6, 6.07) is 14.7. The number of ether oxygens (including phenoxy) is 1. The lowest BCUT2D eigenvalue weighted by atomic mass is 10.00. The summed E-state index contributed by atoms with van der Waals surface area (Å²) in [6.07, 6.45) is 0. The molecule has 0 saturated carbocycles. The first-order valence-electron chi connectivity index (χ1n) is 9.93. The van der Waals surface area contributed by atoms with E-state index in [1.165, 1.54) is 6.07 Å². The van der Waals surface area contributed by atoms with E-state index in [0.29, 0.717) is 23.1 Å². The van der Waals surface area contributed by atoms with Gasteiger partial charge in [0.25, 0.3) is 0 Å². The van der Waals surface area contributed by atoms with E-state index in [4.69, 9.17) is 14.9 Å². The van der Waals surface area contributed by atoms with Crippen molar-refractivity contribution in [2.75, 3.05) is 11.1 Å². The van der Waals surface area contributed by atoms with Crippen LogP contribution in [0.25, 0.3) is 11.0 Å². The molecule has 2 aromatic heterocycles. The minimum atomic E-state index is -0.362. The first-order valence-corrected chi connectivity index (χ1v) is 9.93. The molecule has 8 heteroatoms. The molecule has 0 saturated heterocycles. The van der Waals surface area contributed by atoms with Crippen molar-refractivity contribution < 1.29 is 9.15 Å². The van der Waals surface area contributed by atoms with Crippen LogP contribution in [0.15, 0.2) is 57.7 Å². The van der Waals surface area contributed by atoms with E-state index in [9.17, 15) is 4.79 Å². The number of aryl methyl sites for hydroxylation is 1. The average Bonchev–Trinajstić information content (AvgIpc) is 2.73. The van der Waals surface area contributed by atoms with Crippen molar-refractivity contribution in [2.45, 2.75) is 33.3 Å². The number of anilines is 3. The molecule has 0 aliphatic carbocycles. The Morgan fingerprint density at radius 2 is 1.90 bits per heavy atom. The van der Waals surface area contributed by atoms with Gasteiger partial charge in [-0.05, 0) is 48.2 Å². The van der Waals surface area contributed by atoms with Gasteiger partial charge in [-0.15, -0.1) is 0 Å². The zero-order valence-electron chi connectivity index (χ0n) is 17.5. The predicted molar refractivity (Wildman–Crippen MR) is 120 cm³/mol. The van der Waals surface area contributed by atoms with Crippen LogP contribution in [0.1, 0.15) is 36.7 Å². The molecular weight excluding hydrogens is 394 g/mol. The number of nitrogens with zero attached hydrogens (tertiary/aromatic N) is 3. The van der Waals surface area contributed by atoms with Crippen LogP contribution >= 0.6 is 0 Å². The van der Waals surface area contributed by atoms with Crippen LogP contribution in [0, 0.1) is 6.92 Å². The minimum Gasteiger partial charge on any atom is -0.486 e. The number of nitrogens with two attached hydrogens (primary N) is 1. The van der Waals surface area contributed by atoms with Crippen LogP contribution in [0.5, 0.6) is 5.75 Å². The van der Waals surface area contributed by atoms with Gasteiger partial charge in [0.2, 0.25) is 11.9 Å². The maximum absolute atomic E-state index is 11.8. The van der Waals surface area contributed by atoms with Crippen molar-refractivity contribution >= 4 is 28.6 Å². The van der Waals surface area contributed by atoms with Crippen molar-refractivity contribution in [3.8, 4) is 5.75 Å². The summed E-state index contributed by atoms with van der Waals surface area (Å²) in [5, 5.41) is 4.00. The standard InChI is InChI=1S/C23H23N5O3/c1-13(2)16-11-21(29)31-19-9-8-15(10-17(16)19)30-12-20-26-22(24)28-23(27-20)25-18-7-5-4-6-14(18)3/h4-11,13H,12H2,1-3H3,(H3,24,25,26,27,28). The number of hydrogen-bond donors (Lipinski definition) is 2. The van der Waals surface area contributed by atoms with Crippen LogP contribution in [0.2, 0.25) is 0 Å². The molecule has 0 unspecified atom stereocenters. The molecule has 0 amide bonds. The van der Waals surface area contributed by atoms with E-state index in [-0.39, 0.29) is 24.1 Å². The van der Waals surface area contributed by atoms with Crippen molar-refractivity contribution in [1.29, 1.82) is 0 Å². The molecule has 2 heterocycles. The molecule has 0 atom stereocenters. The Morgan fingerprint density at radius 1 is 1.10 bits per heavy atom. The van der Waals surface area contributed by atoms with Crippen molar-refractivity contribution in [1.82, 2.24) is 15.0 Å². The lowest BCUT2D eigenvalue weighted by molar-refractivity contribution is 0.296. The number of hydrogen-bond acceptors (Lipinski definition) is 8. The summed E-state index contributed by atoms with van der Waals surface area (Å²) in [7, 11) is 0. The van der Waals surface area contributed by atoms with Gasteiger partial charge >= 0.3 is 5.63 Å². The third-order valence-corrected chi connectivity index (χ3v) is 4.83. The Morgan fingerprint density at radius 3 is 2.68 bits per heavy atom. The molecule has 3 N–H and O–H groups in total. The summed E-state index contributed by atoms with van der Waals surface area (Å²) in [5.74, 6) is 1.62. The fraction of sp³-hybridized carbons (Fsp3) is 0.217. The van der Waals surface area contributed by atoms with Crippen LogP contribution in [-0.4, -0.2) is 15.0 Å².